The second-order valence-corrected chi connectivity index (χ2v) is 8.17. The number of aromatic nitrogens is 2. The summed E-state index contributed by atoms with van der Waals surface area (Å²) in [6.07, 6.45) is 3.96. The summed E-state index contributed by atoms with van der Waals surface area (Å²) in [5, 5.41) is 2.98. The Kier molecular flexibility index (Phi) is 6.90. The van der Waals surface area contributed by atoms with Gasteiger partial charge in [-0.3, -0.25) is 14.5 Å². The van der Waals surface area contributed by atoms with Gasteiger partial charge in [-0.2, -0.15) is 0 Å². The number of amides is 2. The SMILES string of the molecule is CCCCC(=O)Nc1ccc2c(c1)nc(CN1CCN(C(=O)c3ccco3)CC1)n2CC. The summed E-state index contributed by atoms with van der Waals surface area (Å²) in [4.78, 5) is 33.6. The molecule has 0 atom stereocenters. The number of anilines is 1. The Morgan fingerprint density at radius 3 is 2.62 bits per heavy atom. The first-order valence-electron chi connectivity index (χ1n) is 11.4. The van der Waals surface area contributed by atoms with Gasteiger partial charge in [0.25, 0.3) is 5.91 Å². The van der Waals surface area contributed by atoms with Gasteiger partial charge in [0, 0.05) is 44.8 Å². The normalized spacial score (nSPS) is 14.8. The van der Waals surface area contributed by atoms with E-state index in [9.17, 15) is 9.59 Å². The summed E-state index contributed by atoms with van der Waals surface area (Å²) in [6, 6.07) is 9.38. The van der Waals surface area contributed by atoms with Crippen molar-refractivity contribution < 1.29 is 14.0 Å². The van der Waals surface area contributed by atoms with Crippen LogP contribution in [0.3, 0.4) is 0 Å². The van der Waals surface area contributed by atoms with Crippen LogP contribution >= 0.6 is 0 Å². The smallest absolute Gasteiger partial charge is 0.289 e. The number of fused-ring (bicyclic) bond motifs is 1. The van der Waals surface area contributed by atoms with Crippen molar-refractivity contribution in [2.75, 3.05) is 31.5 Å². The third kappa shape index (κ3) is 4.85. The molecule has 4 rings (SSSR count). The van der Waals surface area contributed by atoms with Crippen molar-refractivity contribution in [1.29, 1.82) is 0 Å². The molecule has 1 aliphatic heterocycles. The number of benzene rings is 1. The van der Waals surface area contributed by atoms with Crippen molar-refractivity contribution in [2.45, 2.75) is 46.2 Å². The van der Waals surface area contributed by atoms with Gasteiger partial charge in [-0.1, -0.05) is 13.3 Å². The minimum absolute atomic E-state index is 0.0447. The lowest BCUT2D eigenvalue weighted by Crippen LogP contribution is -2.48. The molecular formula is C24H31N5O3. The van der Waals surface area contributed by atoms with Gasteiger partial charge in [0.15, 0.2) is 5.76 Å². The second kappa shape index (κ2) is 9.99. The van der Waals surface area contributed by atoms with Gasteiger partial charge in [-0.15, -0.1) is 0 Å². The molecule has 2 amide bonds. The summed E-state index contributed by atoms with van der Waals surface area (Å²) >= 11 is 0. The van der Waals surface area contributed by atoms with Crippen molar-refractivity contribution in [2.24, 2.45) is 0 Å². The van der Waals surface area contributed by atoms with Crippen LogP contribution in [0.1, 0.15) is 49.5 Å². The van der Waals surface area contributed by atoms with E-state index in [1.54, 1.807) is 12.1 Å². The molecule has 1 aromatic carbocycles. The molecule has 1 saturated heterocycles. The number of aryl methyl sites for hydroxylation is 1. The highest BCUT2D eigenvalue weighted by molar-refractivity contribution is 5.93. The quantitative estimate of drug-likeness (QED) is 0.580. The minimum atomic E-state index is -0.0519. The lowest BCUT2D eigenvalue weighted by atomic mass is 10.2. The highest BCUT2D eigenvalue weighted by Gasteiger charge is 2.24. The number of nitrogens with zero attached hydrogens (tertiary/aromatic N) is 4. The van der Waals surface area contributed by atoms with Crippen LogP contribution in [0.5, 0.6) is 0 Å². The number of unbranched alkanes of at least 4 members (excludes halogenated alkanes) is 1. The Morgan fingerprint density at radius 2 is 1.94 bits per heavy atom. The van der Waals surface area contributed by atoms with Gasteiger partial charge in [0.05, 0.1) is 23.8 Å². The lowest BCUT2D eigenvalue weighted by molar-refractivity contribution is -0.116. The Hall–Kier alpha value is -3.13. The number of piperazine rings is 1. The molecule has 8 nitrogen and oxygen atoms in total. The predicted molar refractivity (Wildman–Crippen MR) is 123 cm³/mol. The van der Waals surface area contributed by atoms with Crippen LogP contribution in [0, 0.1) is 0 Å². The molecule has 3 heterocycles. The van der Waals surface area contributed by atoms with Crippen LogP contribution in [0.2, 0.25) is 0 Å². The number of nitrogens with one attached hydrogen (secondary N) is 1. The maximum Gasteiger partial charge on any atom is 0.289 e. The molecule has 8 heteroatoms. The summed E-state index contributed by atoms with van der Waals surface area (Å²) < 4.78 is 7.46. The van der Waals surface area contributed by atoms with E-state index in [1.165, 1.54) is 6.26 Å². The zero-order chi connectivity index (χ0) is 22.5. The number of hydrogen-bond acceptors (Lipinski definition) is 5. The van der Waals surface area contributed by atoms with E-state index in [-0.39, 0.29) is 11.8 Å². The van der Waals surface area contributed by atoms with Crippen molar-refractivity contribution in [3.05, 3.63) is 48.2 Å². The summed E-state index contributed by atoms with van der Waals surface area (Å²) in [6.45, 7) is 8.66. The Balaban J connectivity index is 1.41. The number of carbonyl (C=O) groups is 2. The van der Waals surface area contributed by atoms with Crippen LogP contribution in [-0.4, -0.2) is 57.3 Å². The number of furan rings is 1. The monoisotopic (exact) mass is 437 g/mol. The maximum atomic E-state index is 12.5. The molecule has 0 radical (unpaired) electrons. The zero-order valence-corrected chi connectivity index (χ0v) is 18.8. The topological polar surface area (TPSA) is 83.6 Å². The highest BCUT2D eigenvalue weighted by atomic mass is 16.3. The molecule has 1 fully saturated rings. The fraction of sp³-hybridized carbons (Fsp3) is 0.458. The first-order chi connectivity index (χ1) is 15.6. The molecule has 1 N–H and O–H groups in total. The zero-order valence-electron chi connectivity index (χ0n) is 18.8. The van der Waals surface area contributed by atoms with E-state index in [4.69, 9.17) is 9.40 Å². The number of carbonyl (C=O) groups excluding carboxylic acids is 2. The molecular weight excluding hydrogens is 406 g/mol. The average Bonchev–Trinajstić information content (AvgIpc) is 3.45. The Bertz CT molecular complexity index is 1060. The molecule has 0 unspecified atom stereocenters. The molecule has 32 heavy (non-hydrogen) atoms. The van der Waals surface area contributed by atoms with E-state index in [1.807, 2.05) is 23.1 Å². The predicted octanol–water partition coefficient (Wildman–Crippen LogP) is 3.74. The first-order valence-corrected chi connectivity index (χ1v) is 11.4. The molecule has 3 aromatic rings. The number of rotatable bonds is 8. The van der Waals surface area contributed by atoms with E-state index >= 15 is 0 Å². The van der Waals surface area contributed by atoms with Gasteiger partial charge in [0.2, 0.25) is 5.91 Å². The highest BCUT2D eigenvalue weighted by Crippen LogP contribution is 2.22. The molecule has 0 spiro atoms. The maximum absolute atomic E-state index is 12.5. The van der Waals surface area contributed by atoms with Crippen molar-refractivity contribution >= 4 is 28.5 Å². The van der Waals surface area contributed by atoms with Gasteiger partial charge < -0.3 is 19.2 Å². The van der Waals surface area contributed by atoms with E-state index in [0.29, 0.717) is 25.3 Å². The molecule has 0 bridgehead atoms. The number of hydrogen-bond donors (Lipinski definition) is 1. The fourth-order valence-electron chi connectivity index (χ4n) is 4.16. The standard InChI is InChI=1S/C24H31N5O3/c1-3-5-8-23(30)25-18-9-10-20-19(16-18)26-22(29(20)4-2)17-27-11-13-28(14-12-27)24(31)21-7-6-15-32-21/h6-7,9-10,15-16H,3-5,8,11-14,17H2,1-2H3,(H,25,30). The third-order valence-electron chi connectivity index (χ3n) is 5.94. The molecule has 170 valence electrons. The summed E-state index contributed by atoms with van der Waals surface area (Å²) in [5.74, 6) is 1.39. The summed E-state index contributed by atoms with van der Waals surface area (Å²) in [7, 11) is 0. The van der Waals surface area contributed by atoms with Crippen LogP contribution in [0.15, 0.2) is 41.0 Å². The number of imidazole rings is 1. The van der Waals surface area contributed by atoms with Gasteiger partial charge in [-0.05, 0) is 43.7 Å². The van der Waals surface area contributed by atoms with Crippen LogP contribution in [-0.2, 0) is 17.9 Å². The minimum Gasteiger partial charge on any atom is -0.459 e. The van der Waals surface area contributed by atoms with E-state index in [2.05, 4.69) is 28.6 Å². The second-order valence-electron chi connectivity index (χ2n) is 8.17. The van der Waals surface area contributed by atoms with Crippen LogP contribution in [0.25, 0.3) is 11.0 Å². The fourth-order valence-corrected chi connectivity index (χ4v) is 4.16. The van der Waals surface area contributed by atoms with Crippen LogP contribution < -0.4 is 5.32 Å². The van der Waals surface area contributed by atoms with Gasteiger partial charge in [0.1, 0.15) is 5.82 Å². The molecule has 2 aromatic heterocycles. The molecule has 0 saturated carbocycles. The van der Waals surface area contributed by atoms with Gasteiger partial charge in [-0.25, -0.2) is 4.98 Å². The Labute approximate surface area is 188 Å². The summed E-state index contributed by atoms with van der Waals surface area (Å²) in [5.41, 5.74) is 2.75. The van der Waals surface area contributed by atoms with Crippen molar-refractivity contribution in [3.8, 4) is 0 Å². The average molecular weight is 438 g/mol. The lowest BCUT2D eigenvalue weighted by Gasteiger charge is -2.34. The first kappa shape index (κ1) is 22.1. The Morgan fingerprint density at radius 1 is 1.12 bits per heavy atom. The molecule has 0 aliphatic carbocycles. The van der Waals surface area contributed by atoms with Crippen molar-refractivity contribution in [3.63, 3.8) is 0 Å². The van der Waals surface area contributed by atoms with Crippen molar-refractivity contribution in [1.82, 2.24) is 19.4 Å². The largest absolute Gasteiger partial charge is 0.459 e. The van der Waals surface area contributed by atoms with Gasteiger partial charge >= 0.3 is 0 Å². The third-order valence-corrected chi connectivity index (χ3v) is 5.94. The van der Waals surface area contributed by atoms with Crippen LogP contribution in [0.4, 0.5) is 5.69 Å². The van der Waals surface area contributed by atoms with E-state index < -0.39 is 0 Å². The molecule has 1 aliphatic rings. The van der Waals surface area contributed by atoms with E-state index in [0.717, 1.165) is 61.6 Å².